The maximum atomic E-state index is 12.4. The number of hydrogen-bond donors (Lipinski definition) is 2. The highest BCUT2D eigenvalue weighted by molar-refractivity contribution is 5.95. The molecule has 0 aromatic heterocycles. The van der Waals surface area contributed by atoms with E-state index in [9.17, 15) is 4.79 Å². The third-order valence-corrected chi connectivity index (χ3v) is 3.56. The number of carbonyl (C=O) groups is 1. The van der Waals surface area contributed by atoms with Crippen molar-refractivity contribution in [2.75, 3.05) is 34.4 Å². The van der Waals surface area contributed by atoms with E-state index in [2.05, 4.69) is 10.6 Å². The number of ether oxygens (including phenoxy) is 3. The Morgan fingerprint density at radius 3 is 2.33 bits per heavy atom. The molecule has 2 N–H and O–H groups in total. The summed E-state index contributed by atoms with van der Waals surface area (Å²) in [6, 6.07) is 3.48. The molecule has 1 aliphatic rings. The second kappa shape index (κ2) is 7.17. The van der Waals surface area contributed by atoms with E-state index in [-0.39, 0.29) is 11.9 Å². The van der Waals surface area contributed by atoms with Gasteiger partial charge in [-0.1, -0.05) is 0 Å². The van der Waals surface area contributed by atoms with Gasteiger partial charge in [-0.2, -0.15) is 0 Å². The SMILES string of the molecule is COc1cc(C(=O)N[C@H]2CCCNC2)cc(OC)c1OC. The predicted molar refractivity (Wildman–Crippen MR) is 79.5 cm³/mol. The molecule has 1 heterocycles. The van der Waals surface area contributed by atoms with Crippen LogP contribution in [0, 0.1) is 0 Å². The number of nitrogens with one attached hydrogen (secondary N) is 2. The fourth-order valence-corrected chi connectivity index (χ4v) is 2.46. The van der Waals surface area contributed by atoms with Gasteiger partial charge in [0.25, 0.3) is 5.91 Å². The average Bonchev–Trinajstić information content (AvgIpc) is 2.54. The molecule has 0 bridgehead atoms. The monoisotopic (exact) mass is 294 g/mol. The van der Waals surface area contributed by atoms with E-state index in [0.717, 1.165) is 25.9 Å². The van der Waals surface area contributed by atoms with E-state index in [4.69, 9.17) is 14.2 Å². The second-order valence-electron chi connectivity index (χ2n) is 4.93. The normalized spacial score (nSPS) is 18.0. The summed E-state index contributed by atoms with van der Waals surface area (Å²) < 4.78 is 15.8. The van der Waals surface area contributed by atoms with Crippen LogP contribution in [0.2, 0.25) is 0 Å². The lowest BCUT2D eigenvalue weighted by Crippen LogP contribution is -2.45. The van der Waals surface area contributed by atoms with E-state index in [1.165, 1.54) is 21.3 Å². The van der Waals surface area contributed by atoms with Crippen LogP contribution in [0.4, 0.5) is 0 Å². The first-order chi connectivity index (χ1) is 10.2. The standard InChI is InChI=1S/C15H22N2O4/c1-19-12-7-10(8-13(20-2)14(12)21-3)15(18)17-11-5-4-6-16-9-11/h7-8,11,16H,4-6,9H2,1-3H3,(H,17,18)/t11-/m0/s1. The van der Waals surface area contributed by atoms with Gasteiger partial charge in [-0.05, 0) is 31.5 Å². The zero-order valence-electron chi connectivity index (χ0n) is 12.7. The minimum Gasteiger partial charge on any atom is -0.493 e. The molecule has 1 fully saturated rings. The first-order valence-electron chi connectivity index (χ1n) is 7.01. The first kappa shape index (κ1) is 15.4. The fraction of sp³-hybridized carbons (Fsp3) is 0.533. The molecule has 0 radical (unpaired) electrons. The number of benzene rings is 1. The lowest BCUT2D eigenvalue weighted by molar-refractivity contribution is 0.0930. The first-order valence-corrected chi connectivity index (χ1v) is 7.01. The van der Waals surface area contributed by atoms with Gasteiger partial charge >= 0.3 is 0 Å². The van der Waals surface area contributed by atoms with Crippen molar-refractivity contribution in [2.24, 2.45) is 0 Å². The summed E-state index contributed by atoms with van der Waals surface area (Å²) in [5, 5.41) is 6.29. The zero-order chi connectivity index (χ0) is 15.2. The molecule has 116 valence electrons. The molecule has 6 heteroatoms. The summed E-state index contributed by atoms with van der Waals surface area (Å²) in [5.41, 5.74) is 0.495. The van der Waals surface area contributed by atoms with Gasteiger partial charge in [0, 0.05) is 18.2 Å². The van der Waals surface area contributed by atoms with Crippen molar-refractivity contribution in [2.45, 2.75) is 18.9 Å². The lowest BCUT2D eigenvalue weighted by Gasteiger charge is -2.24. The van der Waals surface area contributed by atoms with Crippen molar-refractivity contribution in [3.8, 4) is 17.2 Å². The largest absolute Gasteiger partial charge is 0.493 e. The molecule has 1 atom stereocenters. The molecule has 6 nitrogen and oxygen atoms in total. The van der Waals surface area contributed by atoms with Crippen molar-refractivity contribution >= 4 is 5.91 Å². The number of hydrogen-bond acceptors (Lipinski definition) is 5. The molecule has 1 aliphatic heterocycles. The van der Waals surface area contributed by atoms with Crippen LogP contribution in [0.5, 0.6) is 17.2 Å². The summed E-state index contributed by atoms with van der Waals surface area (Å²) >= 11 is 0. The molecule has 1 saturated heterocycles. The Morgan fingerprint density at radius 2 is 1.86 bits per heavy atom. The fourth-order valence-electron chi connectivity index (χ4n) is 2.46. The van der Waals surface area contributed by atoms with Crippen LogP contribution in [0.3, 0.4) is 0 Å². The van der Waals surface area contributed by atoms with Gasteiger partial charge in [-0.3, -0.25) is 4.79 Å². The highest BCUT2D eigenvalue weighted by atomic mass is 16.5. The smallest absolute Gasteiger partial charge is 0.251 e. The third-order valence-electron chi connectivity index (χ3n) is 3.56. The van der Waals surface area contributed by atoms with Crippen LogP contribution in [-0.4, -0.2) is 46.4 Å². The Bertz CT molecular complexity index is 473. The molecular formula is C15H22N2O4. The highest BCUT2D eigenvalue weighted by Crippen LogP contribution is 2.38. The number of carbonyl (C=O) groups excluding carboxylic acids is 1. The molecular weight excluding hydrogens is 272 g/mol. The summed E-state index contributed by atoms with van der Waals surface area (Å²) in [7, 11) is 4.60. The van der Waals surface area contributed by atoms with Crippen molar-refractivity contribution in [3.05, 3.63) is 17.7 Å². The van der Waals surface area contributed by atoms with Gasteiger partial charge in [-0.25, -0.2) is 0 Å². The van der Waals surface area contributed by atoms with Crippen molar-refractivity contribution in [3.63, 3.8) is 0 Å². The number of amides is 1. The molecule has 1 aromatic carbocycles. The Morgan fingerprint density at radius 1 is 1.19 bits per heavy atom. The van der Waals surface area contributed by atoms with Crippen LogP contribution in [-0.2, 0) is 0 Å². The predicted octanol–water partition coefficient (Wildman–Crippen LogP) is 1.19. The average molecular weight is 294 g/mol. The van der Waals surface area contributed by atoms with Gasteiger partial charge in [-0.15, -0.1) is 0 Å². The van der Waals surface area contributed by atoms with Gasteiger partial charge in [0.15, 0.2) is 11.5 Å². The third kappa shape index (κ3) is 3.58. The summed E-state index contributed by atoms with van der Waals surface area (Å²) in [5.74, 6) is 1.30. The molecule has 0 saturated carbocycles. The summed E-state index contributed by atoms with van der Waals surface area (Å²) in [6.45, 7) is 1.81. The molecule has 21 heavy (non-hydrogen) atoms. The Kier molecular flexibility index (Phi) is 5.27. The van der Waals surface area contributed by atoms with Crippen LogP contribution in [0.1, 0.15) is 23.2 Å². The molecule has 0 unspecified atom stereocenters. The number of rotatable bonds is 5. The van der Waals surface area contributed by atoms with Gasteiger partial charge in [0.2, 0.25) is 5.75 Å². The van der Waals surface area contributed by atoms with Gasteiger partial charge in [0.1, 0.15) is 0 Å². The van der Waals surface area contributed by atoms with Crippen molar-refractivity contribution < 1.29 is 19.0 Å². The van der Waals surface area contributed by atoms with Crippen molar-refractivity contribution in [1.82, 2.24) is 10.6 Å². The number of piperidine rings is 1. The van der Waals surface area contributed by atoms with E-state index in [0.29, 0.717) is 22.8 Å². The summed E-state index contributed by atoms with van der Waals surface area (Å²) in [6.07, 6.45) is 2.06. The molecule has 2 rings (SSSR count). The van der Waals surface area contributed by atoms with Gasteiger partial charge < -0.3 is 24.8 Å². The maximum Gasteiger partial charge on any atom is 0.251 e. The summed E-state index contributed by atoms with van der Waals surface area (Å²) in [4.78, 5) is 12.4. The molecule has 1 aromatic rings. The Hall–Kier alpha value is -1.95. The van der Waals surface area contributed by atoms with E-state index < -0.39 is 0 Å². The van der Waals surface area contributed by atoms with E-state index in [1.54, 1.807) is 12.1 Å². The van der Waals surface area contributed by atoms with Crippen LogP contribution >= 0.6 is 0 Å². The van der Waals surface area contributed by atoms with Crippen LogP contribution < -0.4 is 24.8 Å². The highest BCUT2D eigenvalue weighted by Gasteiger charge is 2.20. The van der Waals surface area contributed by atoms with Crippen molar-refractivity contribution in [1.29, 1.82) is 0 Å². The molecule has 0 spiro atoms. The zero-order valence-corrected chi connectivity index (χ0v) is 12.7. The minimum atomic E-state index is -0.136. The second-order valence-corrected chi connectivity index (χ2v) is 4.93. The quantitative estimate of drug-likeness (QED) is 0.854. The van der Waals surface area contributed by atoms with Crippen LogP contribution in [0.15, 0.2) is 12.1 Å². The number of methoxy groups -OCH3 is 3. The molecule has 0 aliphatic carbocycles. The minimum absolute atomic E-state index is 0.136. The van der Waals surface area contributed by atoms with Crippen LogP contribution in [0.25, 0.3) is 0 Å². The Labute approximate surface area is 124 Å². The maximum absolute atomic E-state index is 12.4. The Balaban J connectivity index is 2.19. The van der Waals surface area contributed by atoms with Gasteiger partial charge in [0.05, 0.1) is 21.3 Å². The molecule has 1 amide bonds. The lowest BCUT2D eigenvalue weighted by atomic mass is 10.1. The van der Waals surface area contributed by atoms with E-state index in [1.807, 2.05) is 0 Å². The topological polar surface area (TPSA) is 68.8 Å². The van der Waals surface area contributed by atoms with E-state index >= 15 is 0 Å².